The van der Waals surface area contributed by atoms with Gasteiger partial charge in [-0.25, -0.2) is 0 Å². The summed E-state index contributed by atoms with van der Waals surface area (Å²) in [6, 6.07) is 12.5. The molecule has 0 unspecified atom stereocenters. The highest BCUT2D eigenvalue weighted by molar-refractivity contribution is 9.10. The average molecular weight is 459 g/mol. The summed E-state index contributed by atoms with van der Waals surface area (Å²) in [6.45, 7) is 7.54. The summed E-state index contributed by atoms with van der Waals surface area (Å²) in [5.74, 6) is 0.801. The summed E-state index contributed by atoms with van der Waals surface area (Å²) in [5, 5.41) is 2.91. The van der Waals surface area contributed by atoms with Gasteiger partial charge in [-0.15, -0.1) is 0 Å². The molecule has 2 aromatic carbocycles. The van der Waals surface area contributed by atoms with Crippen LogP contribution in [0.3, 0.4) is 0 Å². The van der Waals surface area contributed by atoms with Crippen LogP contribution < -0.4 is 10.1 Å². The first-order valence-electron chi connectivity index (χ1n) is 10.0. The first kappa shape index (κ1) is 21.4. The highest BCUT2D eigenvalue weighted by Gasteiger charge is 2.24. The minimum Gasteiger partial charge on any atom is -0.490 e. The minimum absolute atomic E-state index is 0.0410. The van der Waals surface area contributed by atoms with Crippen molar-refractivity contribution in [2.24, 2.45) is 5.92 Å². The van der Waals surface area contributed by atoms with Crippen LogP contribution in [0.5, 0.6) is 5.75 Å². The molecule has 1 aliphatic heterocycles. The Bertz CT molecular complexity index is 889. The van der Waals surface area contributed by atoms with Crippen LogP contribution in [-0.2, 0) is 0 Å². The van der Waals surface area contributed by atoms with E-state index in [9.17, 15) is 9.59 Å². The Morgan fingerprint density at radius 2 is 1.79 bits per heavy atom. The molecular formula is C23H27BrN2O3. The summed E-state index contributed by atoms with van der Waals surface area (Å²) >= 11 is 3.41. The van der Waals surface area contributed by atoms with Crippen LogP contribution >= 0.6 is 15.9 Å². The maximum atomic E-state index is 13.1. The highest BCUT2D eigenvalue weighted by atomic mass is 79.9. The van der Waals surface area contributed by atoms with Crippen molar-refractivity contribution in [1.29, 1.82) is 0 Å². The molecule has 0 bridgehead atoms. The van der Waals surface area contributed by atoms with E-state index < -0.39 is 0 Å². The number of amides is 2. The normalized spacial score (nSPS) is 14.7. The number of para-hydroxylation sites is 1. The Kier molecular flexibility index (Phi) is 6.96. The maximum absolute atomic E-state index is 13.1. The molecule has 0 spiro atoms. The Balaban J connectivity index is 1.83. The monoisotopic (exact) mass is 458 g/mol. The van der Waals surface area contributed by atoms with Gasteiger partial charge < -0.3 is 15.0 Å². The number of likely N-dealkylation sites (tertiary alicyclic amines) is 1. The lowest BCUT2D eigenvalue weighted by Crippen LogP contribution is -2.38. The van der Waals surface area contributed by atoms with Crippen molar-refractivity contribution in [3.8, 4) is 5.75 Å². The predicted octanol–water partition coefficient (Wildman–Crippen LogP) is 5.36. The van der Waals surface area contributed by atoms with Crippen molar-refractivity contribution in [2.45, 2.75) is 39.7 Å². The van der Waals surface area contributed by atoms with Crippen LogP contribution in [0, 0.1) is 5.92 Å². The van der Waals surface area contributed by atoms with Crippen LogP contribution in [0.15, 0.2) is 46.9 Å². The first-order valence-corrected chi connectivity index (χ1v) is 10.8. The molecule has 5 nitrogen and oxygen atoms in total. The van der Waals surface area contributed by atoms with E-state index in [1.807, 2.05) is 36.9 Å². The van der Waals surface area contributed by atoms with Crippen molar-refractivity contribution >= 4 is 33.4 Å². The van der Waals surface area contributed by atoms with Gasteiger partial charge in [-0.3, -0.25) is 9.59 Å². The third kappa shape index (κ3) is 5.38. The van der Waals surface area contributed by atoms with Crippen molar-refractivity contribution in [3.05, 3.63) is 58.1 Å². The Labute approximate surface area is 180 Å². The molecule has 0 radical (unpaired) electrons. The largest absolute Gasteiger partial charge is 0.490 e. The van der Waals surface area contributed by atoms with Gasteiger partial charge in [0.2, 0.25) is 0 Å². The maximum Gasteiger partial charge on any atom is 0.259 e. The van der Waals surface area contributed by atoms with E-state index in [4.69, 9.17) is 4.74 Å². The van der Waals surface area contributed by atoms with Crippen LogP contribution in [0.25, 0.3) is 0 Å². The SMILES string of the molecule is CC1CCN(C(=O)c2ccccc2NC(=O)c2cc(Br)ccc2OC(C)C)CC1. The number of anilines is 1. The number of carbonyl (C=O) groups is 2. The Morgan fingerprint density at radius 3 is 2.48 bits per heavy atom. The van der Waals surface area contributed by atoms with Gasteiger partial charge in [0.15, 0.2) is 0 Å². The fraction of sp³-hybridized carbons (Fsp3) is 0.391. The van der Waals surface area contributed by atoms with Gasteiger partial charge in [0.1, 0.15) is 5.75 Å². The fourth-order valence-electron chi connectivity index (χ4n) is 3.39. The number of hydrogen-bond acceptors (Lipinski definition) is 3. The van der Waals surface area contributed by atoms with Gasteiger partial charge >= 0.3 is 0 Å². The molecule has 3 rings (SSSR count). The molecule has 0 atom stereocenters. The number of halogens is 1. The van der Waals surface area contributed by atoms with Crippen molar-refractivity contribution in [3.63, 3.8) is 0 Å². The summed E-state index contributed by atoms with van der Waals surface area (Å²) in [6.07, 6.45) is 1.96. The zero-order valence-corrected chi connectivity index (χ0v) is 18.7. The molecule has 2 amide bonds. The molecule has 1 N–H and O–H groups in total. The molecule has 0 aromatic heterocycles. The zero-order chi connectivity index (χ0) is 21.0. The fourth-order valence-corrected chi connectivity index (χ4v) is 3.75. The van der Waals surface area contributed by atoms with Crippen LogP contribution in [-0.4, -0.2) is 35.9 Å². The number of piperidine rings is 1. The molecular weight excluding hydrogens is 432 g/mol. The van der Waals surface area contributed by atoms with E-state index in [0.717, 1.165) is 30.4 Å². The molecule has 29 heavy (non-hydrogen) atoms. The average Bonchev–Trinajstić information content (AvgIpc) is 2.69. The molecule has 1 heterocycles. The standard InChI is InChI=1S/C23H27BrN2O3/c1-15(2)29-21-9-8-17(24)14-19(21)22(27)25-20-7-5-4-6-18(20)23(28)26-12-10-16(3)11-13-26/h4-9,14-16H,10-13H2,1-3H3,(H,25,27). The smallest absolute Gasteiger partial charge is 0.259 e. The van der Waals surface area contributed by atoms with E-state index in [0.29, 0.717) is 28.5 Å². The molecule has 0 aliphatic carbocycles. The summed E-state index contributed by atoms with van der Waals surface area (Å²) in [5.41, 5.74) is 1.44. The number of ether oxygens (including phenoxy) is 1. The summed E-state index contributed by atoms with van der Waals surface area (Å²) in [7, 11) is 0. The summed E-state index contributed by atoms with van der Waals surface area (Å²) < 4.78 is 6.57. The number of nitrogens with one attached hydrogen (secondary N) is 1. The van der Waals surface area contributed by atoms with E-state index in [1.165, 1.54) is 0 Å². The second-order valence-corrected chi connectivity index (χ2v) is 8.70. The summed E-state index contributed by atoms with van der Waals surface area (Å²) in [4.78, 5) is 28.0. The Hall–Kier alpha value is -2.34. The van der Waals surface area contributed by atoms with Crippen molar-refractivity contribution < 1.29 is 14.3 Å². The predicted molar refractivity (Wildman–Crippen MR) is 119 cm³/mol. The molecule has 1 saturated heterocycles. The van der Waals surface area contributed by atoms with Crippen LogP contribution in [0.2, 0.25) is 0 Å². The van der Waals surface area contributed by atoms with Crippen molar-refractivity contribution in [1.82, 2.24) is 4.90 Å². The second kappa shape index (κ2) is 9.44. The van der Waals surface area contributed by atoms with Gasteiger partial charge in [-0.05, 0) is 62.9 Å². The molecule has 0 saturated carbocycles. The van der Waals surface area contributed by atoms with Gasteiger partial charge in [0.05, 0.1) is 22.9 Å². The third-order valence-electron chi connectivity index (χ3n) is 5.03. The van der Waals surface area contributed by atoms with E-state index in [-0.39, 0.29) is 17.9 Å². The number of carbonyl (C=O) groups excluding carboxylic acids is 2. The topological polar surface area (TPSA) is 58.6 Å². The first-order chi connectivity index (χ1) is 13.8. The Morgan fingerprint density at radius 1 is 1.10 bits per heavy atom. The number of benzene rings is 2. The number of rotatable bonds is 5. The lowest BCUT2D eigenvalue weighted by molar-refractivity contribution is 0.0698. The molecule has 6 heteroatoms. The number of nitrogens with zero attached hydrogens (tertiary/aromatic N) is 1. The zero-order valence-electron chi connectivity index (χ0n) is 17.1. The van der Waals surface area contributed by atoms with Crippen LogP contribution in [0.4, 0.5) is 5.69 Å². The molecule has 1 fully saturated rings. The lowest BCUT2D eigenvalue weighted by atomic mass is 9.98. The van der Waals surface area contributed by atoms with E-state index in [2.05, 4.69) is 28.2 Å². The third-order valence-corrected chi connectivity index (χ3v) is 5.52. The van der Waals surface area contributed by atoms with Gasteiger partial charge in [-0.1, -0.05) is 35.0 Å². The van der Waals surface area contributed by atoms with Crippen molar-refractivity contribution in [2.75, 3.05) is 18.4 Å². The van der Waals surface area contributed by atoms with E-state index in [1.54, 1.807) is 24.3 Å². The minimum atomic E-state index is -0.311. The molecule has 154 valence electrons. The van der Waals surface area contributed by atoms with Gasteiger partial charge in [0, 0.05) is 17.6 Å². The highest BCUT2D eigenvalue weighted by Crippen LogP contribution is 2.27. The van der Waals surface area contributed by atoms with Gasteiger partial charge in [-0.2, -0.15) is 0 Å². The quantitative estimate of drug-likeness (QED) is 0.655. The molecule has 2 aromatic rings. The van der Waals surface area contributed by atoms with E-state index >= 15 is 0 Å². The lowest BCUT2D eigenvalue weighted by Gasteiger charge is -2.30. The van der Waals surface area contributed by atoms with Crippen LogP contribution in [0.1, 0.15) is 54.3 Å². The molecule has 1 aliphatic rings. The van der Waals surface area contributed by atoms with Gasteiger partial charge in [0.25, 0.3) is 11.8 Å². The second-order valence-electron chi connectivity index (χ2n) is 7.78. The number of hydrogen-bond donors (Lipinski definition) is 1.